The lowest BCUT2D eigenvalue weighted by Gasteiger charge is -2.25. The first-order valence-electron chi connectivity index (χ1n) is 5.80. The normalized spacial score (nSPS) is 11.5. The largest absolute Gasteiger partial charge is 0.390 e. The number of carbonyl (C=O) groups is 1. The van der Waals surface area contributed by atoms with Gasteiger partial charge in [0.05, 0.1) is 6.61 Å². The first kappa shape index (κ1) is 15.6. The van der Waals surface area contributed by atoms with Crippen LogP contribution >= 0.6 is 11.6 Å². The maximum Gasteiger partial charge on any atom is 0.154 e. The minimum Gasteiger partial charge on any atom is -0.390 e. The smallest absolute Gasteiger partial charge is 0.154 e. The first-order valence-corrected chi connectivity index (χ1v) is 6.18. The maximum absolute atomic E-state index is 12.6. The van der Waals surface area contributed by atoms with Crippen molar-refractivity contribution >= 4 is 17.4 Å². The summed E-state index contributed by atoms with van der Waals surface area (Å²) in [5.41, 5.74) is 1.21. The second-order valence-electron chi connectivity index (χ2n) is 4.00. The summed E-state index contributed by atoms with van der Waals surface area (Å²) in [5.74, 6) is -0.192. The summed E-state index contributed by atoms with van der Waals surface area (Å²) in [5, 5.41) is 9.65. The molecule has 1 N–H and O–H groups in total. The molecule has 0 aliphatic rings. The number of halogens is 2. The van der Waals surface area contributed by atoms with Gasteiger partial charge < -0.3 is 10.0 Å². The maximum atomic E-state index is 12.6. The third-order valence-corrected chi connectivity index (χ3v) is 2.68. The number of aliphatic hydroxyl groups is 1. The standard InChI is InChI=1S/C13H16ClFN2O2/c1-10(19)6-12(9-18)17(5-4-15)8-11-2-3-13(14)16-7-11/h2-3,6-7,18H,4-5,8-9H2,1H3/b12-6+. The lowest BCUT2D eigenvalue weighted by molar-refractivity contribution is -0.112. The predicted octanol–water partition coefficient (Wildman–Crippen LogP) is 1.97. The van der Waals surface area contributed by atoms with Crippen molar-refractivity contribution in [2.24, 2.45) is 0 Å². The van der Waals surface area contributed by atoms with E-state index in [2.05, 4.69) is 4.98 Å². The van der Waals surface area contributed by atoms with E-state index in [0.29, 0.717) is 17.4 Å². The quantitative estimate of drug-likeness (QED) is 0.615. The van der Waals surface area contributed by atoms with Gasteiger partial charge in [-0.25, -0.2) is 9.37 Å². The number of aromatic nitrogens is 1. The fraction of sp³-hybridized carbons (Fsp3) is 0.385. The molecular formula is C13H16ClFN2O2. The Hall–Kier alpha value is -1.46. The summed E-state index contributed by atoms with van der Waals surface area (Å²) in [4.78, 5) is 16.6. The summed E-state index contributed by atoms with van der Waals surface area (Å²) < 4.78 is 12.6. The van der Waals surface area contributed by atoms with Crippen LogP contribution in [0.4, 0.5) is 4.39 Å². The number of aliphatic hydroxyl groups excluding tert-OH is 1. The monoisotopic (exact) mass is 286 g/mol. The number of nitrogens with zero attached hydrogens (tertiary/aromatic N) is 2. The zero-order chi connectivity index (χ0) is 14.3. The Morgan fingerprint density at radius 1 is 1.58 bits per heavy atom. The third-order valence-electron chi connectivity index (χ3n) is 2.45. The van der Waals surface area contributed by atoms with E-state index in [1.807, 2.05) is 0 Å². The summed E-state index contributed by atoms with van der Waals surface area (Å²) in [6, 6.07) is 3.40. The molecule has 0 aromatic carbocycles. The molecule has 0 aliphatic carbocycles. The molecule has 1 aromatic rings. The second kappa shape index (κ2) is 7.86. The number of rotatable bonds is 7. The van der Waals surface area contributed by atoms with Crippen LogP contribution in [0, 0.1) is 0 Å². The highest BCUT2D eigenvalue weighted by atomic mass is 35.5. The lowest BCUT2D eigenvalue weighted by Crippen LogP contribution is -2.27. The Morgan fingerprint density at radius 2 is 2.32 bits per heavy atom. The minimum atomic E-state index is -0.573. The van der Waals surface area contributed by atoms with E-state index in [1.165, 1.54) is 13.0 Å². The van der Waals surface area contributed by atoms with Gasteiger partial charge in [0.2, 0.25) is 0 Å². The number of alkyl halides is 1. The van der Waals surface area contributed by atoms with Gasteiger partial charge >= 0.3 is 0 Å². The van der Waals surface area contributed by atoms with E-state index >= 15 is 0 Å². The molecule has 0 amide bonds. The molecule has 0 aliphatic heterocycles. The zero-order valence-corrected chi connectivity index (χ0v) is 11.4. The molecule has 0 saturated carbocycles. The number of pyridine rings is 1. The molecule has 104 valence electrons. The van der Waals surface area contributed by atoms with Gasteiger partial charge in [-0.3, -0.25) is 4.79 Å². The molecule has 1 aromatic heterocycles. The van der Waals surface area contributed by atoms with Crippen LogP contribution in [0.15, 0.2) is 30.1 Å². The molecule has 1 rings (SSSR count). The summed E-state index contributed by atoms with van der Waals surface area (Å²) >= 11 is 5.69. The van der Waals surface area contributed by atoms with Crippen LogP contribution in [0.3, 0.4) is 0 Å². The topological polar surface area (TPSA) is 53.4 Å². The number of carbonyl (C=O) groups excluding carboxylic acids is 1. The van der Waals surface area contributed by atoms with Crippen molar-refractivity contribution in [3.8, 4) is 0 Å². The van der Waals surface area contributed by atoms with Gasteiger partial charge in [-0.15, -0.1) is 0 Å². The van der Waals surface area contributed by atoms with E-state index in [4.69, 9.17) is 11.6 Å². The average Bonchev–Trinajstić information content (AvgIpc) is 2.38. The van der Waals surface area contributed by atoms with E-state index in [1.54, 1.807) is 23.2 Å². The summed E-state index contributed by atoms with van der Waals surface area (Å²) in [7, 11) is 0. The molecule has 0 bridgehead atoms. The van der Waals surface area contributed by atoms with Crippen molar-refractivity contribution in [3.05, 3.63) is 40.8 Å². The molecule has 6 heteroatoms. The highest BCUT2D eigenvalue weighted by molar-refractivity contribution is 6.29. The van der Waals surface area contributed by atoms with E-state index in [-0.39, 0.29) is 18.9 Å². The van der Waals surface area contributed by atoms with Crippen LogP contribution in [0.2, 0.25) is 5.15 Å². The predicted molar refractivity (Wildman–Crippen MR) is 71.5 cm³/mol. The summed E-state index contributed by atoms with van der Waals surface area (Å²) in [6.07, 6.45) is 2.88. The fourth-order valence-corrected chi connectivity index (χ4v) is 1.73. The molecule has 0 spiro atoms. The van der Waals surface area contributed by atoms with Crippen LogP contribution in [-0.4, -0.2) is 40.6 Å². The van der Waals surface area contributed by atoms with Gasteiger partial charge in [0.1, 0.15) is 11.8 Å². The number of hydrogen-bond acceptors (Lipinski definition) is 4. The van der Waals surface area contributed by atoms with E-state index < -0.39 is 6.67 Å². The molecule has 1 heterocycles. The molecule has 0 unspecified atom stereocenters. The van der Waals surface area contributed by atoms with Gasteiger partial charge in [-0.1, -0.05) is 17.7 Å². The molecule has 0 saturated heterocycles. The molecule has 4 nitrogen and oxygen atoms in total. The van der Waals surface area contributed by atoms with Crippen LogP contribution in [0.1, 0.15) is 12.5 Å². The Balaban J connectivity index is 2.87. The number of hydrogen-bond donors (Lipinski definition) is 1. The molecule has 0 radical (unpaired) electrons. The molecule has 0 atom stereocenters. The van der Waals surface area contributed by atoms with Crippen molar-refractivity contribution in [1.82, 2.24) is 9.88 Å². The van der Waals surface area contributed by atoms with E-state index in [0.717, 1.165) is 5.56 Å². The molecular weight excluding hydrogens is 271 g/mol. The Bertz CT molecular complexity index is 448. The fourth-order valence-electron chi connectivity index (χ4n) is 1.62. The lowest BCUT2D eigenvalue weighted by atomic mass is 10.2. The van der Waals surface area contributed by atoms with Gasteiger partial charge in [-0.05, 0) is 18.6 Å². The van der Waals surface area contributed by atoms with Gasteiger partial charge in [0, 0.05) is 31.1 Å². The molecule has 19 heavy (non-hydrogen) atoms. The third kappa shape index (κ3) is 5.36. The van der Waals surface area contributed by atoms with Crippen molar-refractivity contribution < 1.29 is 14.3 Å². The zero-order valence-electron chi connectivity index (χ0n) is 10.6. The first-order chi connectivity index (χ1) is 9.06. The SMILES string of the molecule is CC(=O)/C=C(\CO)N(CCF)Cc1ccc(Cl)nc1. The van der Waals surface area contributed by atoms with Gasteiger partial charge in [0.15, 0.2) is 5.78 Å². The Kier molecular flexibility index (Phi) is 6.45. The second-order valence-corrected chi connectivity index (χ2v) is 4.39. The van der Waals surface area contributed by atoms with Crippen LogP contribution in [0.25, 0.3) is 0 Å². The van der Waals surface area contributed by atoms with E-state index in [9.17, 15) is 14.3 Å². The minimum absolute atomic E-state index is 0.0995. The van der Waals surface area contributed by atoms with Crippen molar-refractivity contribution in [2.45, 2.75) is 13.5 Å². The highest BCUT2D eigenvalue weighted by Gasteiger charge is 2.10. The van der Waals surface area contributed by atoms with Crippen LogP contribution in [0.5, 0.6) is 0 Å². The van der Waals surface area contributed by atoms with Crippen LogP contribution in [-0.2, 0) is 11.3 Å². The molecule has 0 fully saturated rings. The van der Waals surface area contributed by atoms with Crippen molar-refractivity contribution in [2.75, 3.05) is 19.8 Å². The average molecular weight is 287 g/mol. The van der Waals surface area contributed by atoms with Crippen molar-refractivity contribution in [1.29, 1.82) is 0 Å². The number of ketones is 1. The van der Waals surface area contributed by atoms with Crippen LogP contribution < -0.4 is 0 Å². The number of allylic oxidation sites excluding steroid dienone is 1. The van der Waals surface area contributed by atoms with Gasteiger partial charge in [0.25, 0.3) is 0 Å². The highest BCUT2D eigenvalue weighted by Crippen LogP contribution is 2.12. The Labute approximate surface area is 116 Å². The summed E-state index contributed by atoms with van der Waals surface area (Å²) in [6.45, 7) is 0.944. The Morgan fingerprint density at radius 3 is 2.79 bits per heavy atom. The van der Waals surface area contributed by atoms with Crippen molar-refractivity contribution in [3.63, 3.8) is 0 Å². The van der Waals surface area contributed by atoms with Gasteiger partial charge in [-0.2, -0.15) is 0 Å².